The predicted octanol–water partition coefficient (Wildman–Crippen LogP) is 9.92. The summed E-state index contributed by atoms with van der Waals surface area (Å²) in [4.78, 5) is 0. The van der Waals surface area contributed by atoms with Crippen LogP contribution in [0.5, 0.6) is 0 Å². The third-order valence-electron chi connectivity index (χ3n) is 8.62. The molecule has 0 aliphatic carbocycles. The van der Waals surface area contributed by atoms with Gasteiger partial charge in [0, 0.05) is 16.2 Å². The van der Waals surface area contributed by atoms with E-state index in [-0.39, 0.29) is 0 Å². The zero-order valence-electron chi connectivity index (χ0n) is 22.7. The smallest absolute Gasteiger partial charge is 0.141 e. The van der Waals surface area contributed by atoms with Crippen molar-refractivity contribution in [3.8, 4) is 44.5 Å². The Bertz CT molecular complexity index is 2120. The summed E-state index contributed by atoms with van der Waals surface area (Å²) in [5.74, 6) is 0. The first-order valence-electron chi connectivity index (χ1n) is 14.0. The van der Waals surface area contributed by atoms with E-state index in [0.29, 0.717) is 0 Å². The van der Waals surface area contributed by atoms with Crippen LogP contribution in [0.15, 0.2) is 146 Å². The van der Waals surface area contributed by atoms with E-state index in [1.165, 1.54) is 49.4 Å². The van der Waals surface area contributed by atoms with Crippen molar-refractivity contribution in [3.05, 3.63) is 146 Å². The second kappa shape index (κ2) is 9.16. The van der Waals surface area contributed by atoms with Crippen molar-refractivity contribution in [2.45, 2.75) is 0 Å². The van der Waals surface area contributed by atoms with Crippen LogP contribution in [0, 0.1) is 0 Å². The van der Waals surface area contributed by atoms with Gasteiger partial charge < -0.3 is 4.57 Å². The summed E-state index contributed by atoms with van der Waals surface area (Å²) < 4.78 is 14.1. The van der Waals surface area contributed by atoms with Crippen molar-refractivity contribution in [2.75, 3.05) is 6.66 Å². The molecule has 7 aromatic rings. The van der Waals surface area contributed by atoms with Crippen molar-refractivity contribution in [2.24, 2.45) is 0 Å². The van der Waals surface area contributed by atoms with E-state index in [2.05, 4.69) is 133 Å². The second-order valence-corrected chi connectivity index (χ2v) is 13.7. The van der Waals surface area contributed by atoms with Crippen LogP contribution >= 0.6 is 7.14 Å². The molecular formula is C39H27OP. The third kappa shape index (κ3) is 3.60. The molecule has 7 aromatic carbocycles. The van der Waals surface area contributed by atoms with Gasteiger partial charge in [-0.05, 0) is 67.2 Å². The van der Waals surface area contributed by atoms with E-state index in [1.807, 2.05) is 18.8 Å². The van der Waals surface area contributed by atoms with Gasteiger partial charge in [-0.3, -0.25) is 0 Å². The summed E-state index contributed by atoms with van der Waals surface area (Å²) in [7, 11) is -2.68. The maximum Gasteiger partial charge on any atom is 0.141 e. The van der Waals surface area contributed by atoms with Gasteiger partial charge in [0.05, 0.1) is 0 Å². The molecule has 0 amide bonds. The van der Waals surface area contributed by atoms with Gasteiger partial charge in [-0.2, -0.15) is 0 Å². The summed E-state index contributed by atoms with van der Waals surface area (Å²) in [5.41, 5.74) is 9.43. The highest BCUT2D eigenvalue weighted by Crippen LogP contribution is 2.54. The lowest BCUT2D eigenvalue weighted by molar-refractivity contribution is 0.591. The topological polar surface area (TPSA) is 17.1 Å². The normalized spacial score (nSPS) is 15.6. The minimum atomic E-state index is -2.68. The number of rotatable bonds is 3. The molecule has 0 saturated heterocycles. The highest BCUT2D eigenvalue weighted by Gasteiger charge is 2.36. The molecular weight excluding hydrogens is 515 g/mol. The highest BCUT2D eigenvalue weighted by molar-refractivity contribution is 7.79. The van der Waals surface area contributed by atoms with Gasteiger partial charge in [-0.15, -0.1) is 0 Å². The van der Waals surface area contributed by atoms with Gasteiger partial charge in [-0.25, -0.2) is 0 Å². The molecule has 1 atom stereocenters. The fourth-order valence-corrected chi connectivity index (χ4v) is 9.08. The van der Waals surface area contributed by atoms with Gasteiger partial charge >= 0.3 is 0 Å². The number of fused-ring (bicyclic) bond motifs is 5. The minimum Gasteiger partial charge on any atom is -0.314 e. The van der Waals surface area contributed by atoms with Crippen LogP contribution in [0.4, 0.5) is 0 Å². The standard InChI is InChI=1S/C39H27OP/c1-41(40)35-20-10-9-18-33(35)39-34(19-11-21-36(39)41)38-31-16-7-5-14-29(31)37(30-15-6-8-17-32(30)38)28-24-22-27(23-25-28)26-12-3-2-4-13-26/h2-25H,1H3. The molecule has 0 saturated carbocycles. The van der Waals surface area contributed by atoms with Gasteiger partial charge in [0.15, 0.2) is 0 Å². The van der Waals surface area contributed by atoms with E-state index in [0.717, 1.165) is 27.3 Å². The van der Waals surface area contributed by atoms with Gasteiger partial charge in [0.25, 0.3) is 0 Å². The highest BCUT2D eigenvalue weighted by atomic mass is 31.2. The van der Waals surface area contributed by atoms with Gasteiger partial charge in [0.1, 0.15) is 7.14 Å². The van der Waals surface area contributed by atoms with Crippen LogP contribution in [0.1, 0.15) is 0 Å². The van der Waals surface area contributed by atoms with Crippen LogP contribution in [-0.4, -0.2) is 6.66 Å². The molecule has 1 nitrogen and oxygen atoms in total. The maximum atomic E-state index is 14.1. The summed E-state index contributed by atoms with van der Waals surface area (Å²) in [6.45, 7) is 1.92. The van der Waals surface area contributed by atoms with Crippen molar-refractivity contribution in [1.82, 2.24) is 0 Å². The van der Waals surface area contributed by atoms with Crippen LogP contribution in [0.3, 0.4) is 0 Å². The van der Waals surface area contributed by atoms with E-state index >= 15 is 0 Å². The van der Waals surface area contributed by atoms with Gasteiger partial charge in [-0.1, -0.05) is 146 Å². The maximum absolute atomic E-state index is 14.1. The van der Waals surface area contributed by atoms with Crippen molar-refractivity contribution < 1.29 is 4.57 Å². The molecule has 0 radical (unpaired) electrons. The first-order valence-corrected chi connectivity index (χ1v) is 16.2. The SMILES string of the molecule is CP1(=O)c2ccccc2-c2c(-c3c4ccccc4c(-c4ccc(-c5ccccc5)cc4)c4ccccc34)cccc21. The Labute approximate surface area is 240 Å². The van der Waals surface area contributed by atoms with Crippen LogP contribution in [0.2, 0.25) is 0 Å². The van der Waals surface area contributed by atoms with Crippen LogP contribution in [-0.2, 0) is 4.57 Å². The quantitative estimate of drug-likeness (QED) is 0.160. The summed E-state index contributed by atoms with van der Waals surface area (Å²) >= 11 is 0. The monoisotopic (exact) mass is 542 g/mol. The molecule has 0 spiro atoms. The molecule has 0 aromatic heterocycles. The summed E-state index contributed by atoms with van der Waals surface area (Å²) in [6, 6.07) is 51.6. The first kappa shape index (κ1) is 24.1. The van der Waals surface area contributed by atoms with Crippen LogP contribution in [0.25, 0.3) is 66.1 Å². The van der Waals surface area contributed by atoms with E-state index < -0.39 is 7.14 Å². The lowest BCUT2D eigenvalue weighted by Crippen LogP contribution is -2.08. The molecule has 1 aliphatic heterocycles. The molecule has 194 valence electrons. The van der Waals surface area contributed by atoms with E-state index in [9.17, 15) is 4.57 Å². The van der Waals surface area contributed by atoms with Crippen molar-refractivity contribution in [1.29, 1.82) is 0 Å². The number of hydrogen-bond donors (Lipinski definition) is 0. The van der Waals surface area contributed by atoms with Gasteiger partial charge in [0.2, 0.25) is 0 Å². The Morgan fingerprint density at radius 3 is 1.49 bits per heavy atom. The summed E-state index contributed by atoms with van der Waals surface area (Å²) in [5, 5.41) is 6.78. The molecule has 0 fully saturated rings. The second-order valence-electron chi connectivity index (χ2n) is 10.9. The fourth-order valence-electron chi connectivity index (χ4n) is 6.76. The van der Waals surface area contributed by atoms with E-state index in [4.69, 9.17) is 0 Å². The molecule has 0 bridgehead atoms. The Hall–Kier alpha value is -4.71. The molecule has 1 heterocycles. The molecule has 1 aliphatic rings. The average Bonchev–Trinajstić information content (AvgIpc) is 3.27. The lowest BCUT2D eigenvalue weighted by Gasteiger charge is -2.20. The minimum absolute atomic E-state index is 0.963. The van der Waals surface area contributed by atoms with E-state index in [1.54, 1.807) is 0 Å². The molecule has 2 heteroatoms. The first-order chi connectivity index (χ1) is 20.1. The Morgan fingerprint density at radius 1 is 0.366 bits per heavy atom. The number of hydrogen-bond acceptors (Lipinski definition) is 1. The zero-order chi connectivity index (χ0) is 27.6. The summed E-state index contributed by atoms with van der Waals surface area (Å²) in [6.07, 6.45) is 0. The Morgan fingerprint density at radius 2 is 0.829 bits per heavy atom. The third-order valence-corrected chi connectivity index (χ3v) is 11.2. The molecule has 8 rings (SSSR count). The number of benzene rings is 7. The van der Waals surface area contributed by atoms with Crippen molar-refractivity contribution >= 4 is 39.3 Å². The predicted molar refractivity (Wildman–Crippen MR) is 176 cm³/mol. The van der Waals surface area contributed by atoms with Crippen molar-refractivity contribution in [3.63, 3.8) is 0 Å². The fraction of sp³-hybridized carbons (Fsp3) is 0.0256. The van der Waals surface area contributed by atoms with Crippen LogP contribution < -0.4 is 10.6 Å². The Kier molecular flexibility index (Phi) is 5.39. The largest absolute Gasteiger partial charge is 0.314 e. The Balaban J connectivity index is 1.44. The molecule has 41 heavy (non-hydrogen) atoms. The zero-order valence-corrected chi connectivity index (χ0v) is 23.6. The average molecular weight is 543 g/mol. The lowest BCUT2D eigenvalue weighted by atomic mass is 9.83. The molecule has 1 unspecified atom stereocenters. The molecule has 0 N–H and O–H groups in total.